The number of allylic oxidation sites excluding steroid dienone is 1. The Morgan fingerprint density at radius 3 is 2.67 bits per heavy atom. The standard InChI is InChI=1S/C13H22N2O2S/c1-4-6-12(15-18(17)11-7-8-11)13(14-9-16)10(3)5-2/h5-6,9-11,13,15H,2,4,7-8H2,1,3H3,(H,14,16)/b12-6+. The van der Waals surface area contributed by atoms with Crippen LogP contribution in [0.25, 0.3) is 0 Å². The minimum Gasteiger partial charge on any atom is -0.350 e. The van der Waals surface area contributed by atoms with Crippen molar-refractivity contribution in [3.05, 3.63) is 24.4 Å². The highest BCUT2D eigenvalue weighted by Gasteiger charge is 2.30. The minimum absolute atomic E-state index is 0.0803. The Hall–Kier alpha value is -1.10. The first-order chi connectivity index (χ1) is 8.63. The van der Waals surface area contributed by atoms with Crippen molar-refractivity contribution in [2.75, 3.05) is 0 Å². The number of rotatable bonds is 9. The van der Waals surface area contributed by atoms with Crippen molar-refractivity contribution < 1.29 is 9.00 Å². The third-order valence-electron chi connectivity index (χ3n) is 2.95. The van der Waals surface area contributed by atoms with Crippen LogP contribution in [0.5, 0.6) is 0 Å². The van der Waals surface area contributed by atoms with Gasteiger partial charge in [-0.2, -0.15) is 0 Å². The second-order valence-electron chi connectivity index (χ2n) is 4.52. The van der Waals surface area contributed by atoms with Crippen molar-refractivity contribution in [2.45, 2.75) is 44.4 Å². The van der Waals surface area contributed by atoms with Gasteiger partial charge < -0.3 is 10.0 Å². The van der Waals surface area contributed by atoms with Crippen LogP contribution >= 0.6 is 0 Å². The van der Waals surface area contributed by atoms with Gasteiger partial charge in [-0.1, -0.05) is 26.0 Å². The molecule has 0 aromatic carbocycles. The van der Waals surface area contributed by atoms with Crippen LogP contribution in [0.2, 0.25) is 0 Å². The summed E-state index contributed by atoms with van der Waals surface area (Å²) in [6, 6.07) is -0.192. The topological polar surface area (TPSA) is 58.2 Å². The van der Waals surface area contributed by atoms with Crippen LogP contribution in [-0.4, -0.2) is 21.9 Å². The second kappa shape index (κ2) is 7.36. The third kappa shape index (κ3) is 4.29. The molecule has 0 spiro atoms. The molecule has 4 nitrogen and oxygen atoms in total. The summed E-state index contributed by atoms with van der Waals surface area (Å²) in [6.07, 6.45) is 7.29. The molecular weight excluding hydrogens is 248 g/mol. The molecule has 3 atom stereocenters. The van der Waals surface area contributed by atoms with Crippen LogP contribution in [0.1, 0.15) is 33.1 Å². The summed E-state index contributed by atoms with van der Waals surface area (Å²) in [5.41, 5.74) is 0.822. The molecule has 1 rings (SSSR count). The molecule has 3 unspecified atom stereocenters. The maximum absolute atomic E-state index is 11.9. The first kappa shape index (κ1) is 15.0. The lowest BCUT2D eigenvalue weighted by Crippen LogP contribution is -2.41. The van der Waals surface area contributed by atoms with Gasteiger partial charge in [0.25, 0.3) is 0 Å². The lowest BCUT2D eigenvalue weighted by atomic mass is 9.99. The van der Waals surface area contributed by atoms with Crippen molar-refractivity contribution in [1.82, 2.24) is 10.0 Å². The van der Waals surface area contributed by atoms with Gasteiger partial charge in [-0.3, -0.25) is 4.79 Å². The van der Waals surface area contributed by atoms with Gasteiger partial charge in [-0.15, -0.1) is 6.58 Å². The predicted octanol–water partition coefficient (Wildman–Crippen LogP) is 1.63. The Kier molecular flexibility index (Phi) is 6.12. The third-order valence-corrected chi connectivity index (χ3v) is 4.46. The maximum atomic E-state index is 11.9. The number of carbonyl (C=O) groups is 1. The lowest BCUT2D eigenvalue weighted by Gasteiger charge is -2.24. The highest BCUT2D eigenvalue weighted by Crippen LogP contribution is 2.26. The van der Waals surface area contributed by atoms with Crippen molar-refractivity contribution in [1.29, 1.82) is 0 Å². The average molecular weight is 270 g/mol. The Bertz CT molecular complexity index is 351. The Morgan fingerprint density at radius 2 is 2.22 bits per heavy atom. The molecule has 1 aliphatic rings. The van der Waals surface area contributed by atoms with Crippen LogP contribution in [0.3, 0.4) is 0 Å². The molecule has 0 saturated heterocycles. The summed E-state index contributed by atoms with van der Waals surface area (Å²) in [6.45, 7) is 7.73. The van der Waals surface area contributed by atoms with E-state index in [1.54, 1.807) is 6.08 Å². The fraction of sp³-hybridized carbons (Fsp3) is 0.615. The quantitative estimate of drug-likeness (QED) is 0.494. The fourth-order valence-corrected chi connectivity index (χ4v) is 2.84. The van der Waals surface area contributed by atoms with Crippen molar-refractivity contribution in [2.24, 2.45) is 5.92 Å². The van der Waals surface area contributed by atoms with Crippen molar-refractivity contribution in [3.8, 4) is 0 Å². The van der Waals surface area contributed by atoms with Gasteiger partial charge in [-0.25, -0.2) is 4.21 Å². The van der Waals surface area contributed by atoms with E-state index >= 15 is 0 Å². The highest BCUT2D eigenvalue weighted by atomic mass is 32.2. The SMILES string of the molecule is C=CC(C)C(NC=O)/C(=C\CC)NS(=O)C1CC1. The molecule has 0 aromatic heterocycles. The van der Waals surface area contributed by atoms with Gasteiger partial charge in [-0.05, 0) is 25.2 Å². The molecule has 0 aromatic rings. The molecule has 0 bridgehead atoms. The number of nitrogens with one attached hydrogen (secondary N) is 2. The normalized spacial score (nSPS) is 20.7. The van der Waals surface area contributed by atoms with Gasteiger partial charge in [0.1, 0.15) is 11.0 Å². The van der Waals surface area contributed by atoms with Gasteiger partial charge >= 0.3 is 0 Å². The Morgan fingerprint density at radius 1 is 1.56 bits per heavy atom. The van der Waals surface area contributed by atoms with Gasteiger partial charge in [0, 0.05) is 5.70 Å². The summed E-state index contributed by atoms with van der Waals surface area (Å²) in [4.78, 5) is 10.7. The van der Waals surface area contributed by atoms with Crippen LogP contribution in [0.15, 0.2) is 24.4 Å². The number of hydrogen-bond acceptors (Lipinski definition) is 2. The Labute approximate surface area is 112 Å². The summed E-state index contributed by atoms with van der Waals surface area (Å²) in [5, 5.41) is 3.03. The van der Waals surface area contributed by atoms with E-state index in [0.717, 1.165) is 25.0 Å². The smallest absolute Gasteiger partial charge is 0.207 e. The molecule has 0 heterocycles. The molecule has 1 saturated carbocycles. The number of amides is 1. The van der Waals surface area contributed by atoms with Crippen LogP contribution < -0.4 is 10.0 Å². The van der Waals surface area contributed by atoms with Crippen LogP contribution in [0.4, 0.5) is 0 Å². The molecule has 1 aliphatic carbocycles. The molecule has 1 fully saturated rings. The zero-order chi connectivity index (χ0) is 13.5. The zero-order valence-corrected chi connectivity index (χ0v) is 11.8. The molecule has 0 radical (unpaired) electrons. The molecule has 1 amide bonds. The van der Waals surface area contributed by atoms with E-state index < -0.39 is 11.0 Å². The molecule has 5 heteroatoms. The molecular formula is C13H22N2O2S. The molecule has 18 heavy (non-hydrogen) atoms. The zero-order valence-electron chi connectivity index (χ0n) is 11.0. The highest BCUT2D eigenvalue weighted by molar-refractivity contribution is 7.84. The van der Waals surface area contributed by atoms with E-state index in [2.05, 4.69) is 16.6 Å². The first-order valence-corrected chi connectivity index (χ1v) is 7.54. The van der Waals surface area contributed by atoms with Crippen molar-refractivity contribution >= 4 is 17.4 Å². The predicted molar refractivity (Wildman–Crippen MR) is 75.0 cm³/mol. The maximum Gasteiger partial charge on any atom is 0.207 e. The van der Waals surface area contributed by atoms with E-state index in [0.29, 0.717) is 6.41 Å². The summed E-state index contributed by atoms with van der Waals surface area (Å²) in [5.74, 6) is 0.0803. The van der Waals surface area contributed by atoms with Crippen LogP contribution in [0, 0.1) is 5.92 Å². The fourth-order valence-electron chi connectivity index (χ4n) is 1.67. The van der Waals surface area contributed by atoms with E-state index in [1.807, 2.05) is 19.9 Å². The number of carbonyl (C=O) groups excluding carboxylic acids is 1. The van der Waals surface area contributed by atoms with Crippen LogP contribution in [-0.2, 0) is 15.8 Å². The summed E-state index contributed by atoms with van der Waals surface area (Å²) < 4.78 is 15.0. The van der Waals surface area contributed by atoms with Gasteiger partial charge in [0.05, 0.1) is 11.3 Å². The van der Waals surface area contributed by atoms with E-state index in [9.17, 15) is 9.00 Å². The van der Waals surface area contributed by atoms with Gasteiger partial charge in [0.2, 0.25) is 6.41 Å². The first-order valence-electron chi connectivity index (χ1n) is 6.33. The van der Waals surface area contributed by atoms with E-state index in [1.165, 1.54) is 0 Å². The monoisotopic (exact) mass is 270 g/mol. The summed E-state index contributed by atoms with van der Waals surface area (Å²) >= 11 is 0. The molecule has 102 valence electrons. The Balaban J connectivity index is 2.77. The second-order valence-corrected chi connectivity index (χ2v) is 5.99. The lowest BCUT2D eigenvalue weighted by molar-refractivity contribution is -0.110. The average Bonchev–Trinajstić information content (AvgIpc) is 3.18. The minimum atomic E-state index is -1.04. The molecule has 0 aliphatic heterocycles. The van der Waals surface area contributed by atoms with E-state index in [-0.39, 0.29) is 17.2 Å². The largest absolute Gasteiger partial charge is 0.350 e. The number of hydrogen-bond donors (Lipinski definition) is 2. The van der Waals surface area contributed by atoms with Gasteiger partial charge in [0.15, 0.2) is 0 Å². The van der Waals surface area contributed by atoms with Crippen molar-refractivity contribution in [3.63, 3.8) is 0 Å². The van der Waals surface area contributed by atoms with E-state index in [4.69, 9.17) is 0 Å². The molecule has 2 N–H and O–H groups in total. The summed E-state index contributed by atoms with van der Waals surface area (Å²) in [7, 11) is -1.04.